The van der Waals surface area contributed by atoms with Gasteiger partial charge in [-0.15, -0.1) is 0 Å². The Kier molecular flexibility index (Phi) is 6.62. The van der Waals surface area contributed by atoms with E-state index in [1.807, 2.05) is 0 Å². The highest BCUT2D eigenvalue weighted by Gasteiger charge is 2.43. The largest absolute Gasteiger partial charge is 0.399 e. The molecule has 0 amide bonds. The second kappa shape index (κ2) is 8.93. The summed E-state index contributed by atoms with van der Waals surface area (Å²) >= 11 is 0. The summed E-state index contributed by atoms with van der Waals surface area (Å²) < 4.78 is 0. The Morgan fingerprint density at radius 3 is 2.27 bits per heavy atom. The minimum Gasteiger partial charge on any atom is -0.399 e. The molecular weight excluding hydrogens is 314 g/mol. The molecule has 0 spiro atoms. The highest BCUT2D eigenvalue weighted by Crippen LogP contribution is 2.55. The van der Waals surface area contributed by atoms with Crippen LogP contribution < -0.4 is 5.73 Å². The number of hydrogen-bond donors (Lipinski definition) is 1. The Labute approximate surface area is 160 Å². The molecule has 2 aliphatic carbocycles. The third-order valence-corrected chi connectivity index (χ3v) is 6.48. The van der Waals surface area contributed by atoms with Crippen molar-refractivity contribution < 1.29 is 0 Å². The molecule has 2 aliphatic rings. The van der Waals surface area contributed by atoms with Gasteiger partial charge in [0, 0.05) is 11.1 Å². The lowest BCUT2D eigenvalue weighted by Crippen LogP contribution is -2.27. The fraction of sp³-hybridized carbons (Fsp3) is 0.600. The number of hydrogen-bond acceptors (Lipinski definition) is 1. The van der Waals surface area contributed by atoms with Crippen LogP contribution in [0.5, 0.6) is 0 Å². The predicted octanol–water partition coefficient (Wildman–Crippen LogP) is 7.56. The third-order valence-electron chi connectivity index (χ3n) is 6.48. The van der Waals surface area contributed by atoms with Crippen LogP contribution in [0.15, 0.2) is 35.9 Å². The lowest BCUT2D eigenvalue weighted by Gasteiger charge is -2.34. The van der Waals surface area contributed by atoms with Gasteiger partial charge in [0.1, 0.15) is 0 Å². The monoisotopic (exact) mass is 351 g/mol. The molecule has 1 heteroatoms. The summed E-state index contributed by atoms with van der Waals surface area (Å²) in [5, 5.41) is 0. The molecule has 0 saturated carbocycles. The van der Waals surface area contributed by atoms with Gasteiger partial charge in [-0.25, -0.2) is 0 Å². The third kappa shape index (κ3) is 3.77. The molecule has 0 unspecified atom stereocenters. The molecule has 0 fully saturated rings. The van der Waals surface area contributed by atoms with E-state index in [0.717, 1.165) is 5.69 Å². The fourth-order valence-corrected chi connectivity index (χ4v) is 5.13. The zero-order chi connectivity index (χ0) is 18.4. The summed E-state index contributed by atoms with van der Waals surface area (Å²) in [5.74, 6) is 0. The molecule has 0 radical (unpaired) electrons. The molecular formula is C25H37N. The van der Waals surface area contributed by atoms with Crippen molar-refractivity contribution in [2.75, 3.05) is 5.73 Å². The second-order valence-electron chi connectivity index (χ2n) is 8.34. The zero-order valence-corrected chi connectivity index (χ0v) is 16.9. The molecule has 0 bridgehead atoms. The molecule has 1 aromatic rings. The SMILES string of the molecule is CCCCCCC1(CCCCCC)C2=C(CCC=C2)c2ccc(N)cc21. The first kappa shape index (κ1) is 19.3. The molecule has 2 N–H and O–H groups in total. The predicted molar refractivity (Wildman–Crippen MR) is 115 cm³/mol. The first-order valence-electron chi connectivity index (χ1n) is 11.0. The zero-order valence-electron chi connectivity index (χ0n) is 16.9. The maximum atomic E-state index is 6.26. The van der Waals surface area contributed by atoms with Crippen LogP contribution in [0.2, 0.25) is 0 Å². The van der Waals surface area contributed by atoms with Gasteiger partial charge in [0.05, 0.1) is 0 Å². The molecule has 1 nitrogen and oxygen atoms in total. The minimum absolute atomic E-state index is 0.221. The Hall–Kier alpha value is -1.50. The Morgan fingerprint density at radius 1 is 0.923 bits per heavy atom. The number of allylic oxidation sites excluding steroid dienone is 4. The van der Waals surface area contributed by atoms with Crippen LogP contribution in [0.3, 0.4) is 0 Å². The number of nitrogens with two attached hydrogens (primary N) is 1. The van der Waals surface area contributed by atoms with Gasteiger partial charge in [0.25, 0.3) is 0 Å². The molecule has 26 heavy (non-hydrogen) atoms. The minimum atomic E-state index is 0.221. The van der Waals surface area contributed by atoms with Crippen LogP contribution in [0.4, 0.5) is 5.69 Å². The van der Waals surface area contributed by atoms with E-state index in [4.69, 9.17) is 5.73 Å². The molecule has 3 rings (SSSR count). The van der Waals surface area contributed by atoms with E-state index >= 15 is 0 Å². The highest BCUT2D eigenvalue weighted by atomic mass is 14.6. The van der Waals surface area contributed by atoms with Crippen LogP contribution >= 0.6 is 0 Å². The van der Waals surface area contributed by atoms with Crippen molar-refractivity contribution in [1.82, 2.24) is 0 Å². The maximum Gasteiger partial charge on any atom is 0.0317 e. The molecule has 142 valence electrons. The smallest absolute Gasteiger partial charge is 0.0317 e. The van der Waals surface area contributed by atoms with E-state index in [2.05, 4.69) is 44.2 Å². The molecule has 0 saturated heterocycles. The van der Waals surface area contributed by atoms with E-state index < -0.39 is 0 Å². The van der Waals surface area contributed by atoms with Crippen molar-refractivity contribution in [3.8, 4) is 0 Å². The standard InChI is InChI=1S/C25H37N/c1-3-5-7-11-17-25(18-12-8-6-4-2)23-14-10-9-13-21(23)22-16-15-20(26)19-24(22)25/h10,14-16,19H,3-9,11-13,17-18,26H2,1-2H3. The molecule has 0 aromatic heterocycles. The Bertz CT molecular complexity index is 653. The summed E-state index contributed by atoms with van der Waals surface area (Å²) in [6.45, 7) is 4.60. The average Bonchev–Trinajstić information content (AvgIpc) is 2.92. The summed E-state index contributed by atoms with van der Waals surface area (Å²) in [7, 11) is 0. The van der Waals surface area contributed by atoms with E-state index in [1.165, 1.54) is 82.6 Å². The van der Waals surface area contributed by atoms with Crippen molar-refractivity contribution in [3.63, 3.8) is 0 Å². The van der Waals surface area contributed by atoms with Crippen molar-refractivity contribution in [1.29, 1.82) is 0 Å². The molecule has 0 atom stereocenters. The lowest BCUT2D eigenvalue weighted by atomic mass is 9.69. The van der Waals surface area contributed by atoms with Gasteiger partial charge in [0.2, 0.25) is 0 Å². The van der Waals surface area contributed by atoms with Gasteiger partial charge in [-0.3, -0.25) is 0 Å². The van der Waals surface area contributed by atoms with Crippen LogP contribution in [0.25, 0.3) is 5.57 Å². The quantitative estimate of drug-likeness (QED) is 0.341. The Morgan fingerprint density at radius 2 is 1.62 bits per heavy atom. The molecule has 0 heterocycles. The van der Waals surface area contributed by atoms with Gasteiger partial charge in [0.15, 0.2) is 0 Å². The van der Waals surface area contributed by atoms with Crippen LogP contribution in [0.1, 0.15) is 102 Å². The first-order valence-corrected chi connectivity index (χ1v) is 11.0. The average molecular weight is 352 g/mol. The number of fused-ring (bicyclic) bond motifs is 2. The summed E-state index contributed by atoms with van der Waals surface area (Å²) in [6, 6.07) is 6.71. The first-order chi connectivity index (χ1) is 12.7. The fourth-order valence-electron chi connectivity index (χ4n) is 5.13. The van der Waals surface area contributed by atoms with Gasteiger partial charge < -0.3 is 5.73 Å². The van der Waals surface area contributed by atoms with Crippen molar-refractivity contribution in [2.45, 2.75) is 96.3 Å². The second-order valence-corrected chi connectivity index (χ2v) is 8.34. The van der Waals surface area contributed by atoms with E-state index in [9.17, 15) is 0 Å². The highest BCUT2D eigenvalue weighted by molar-refractivity contribution is 5.84. The topological polar surface area (TPSA) is 26.0 Å². The summed E-state index contributed by atoms with van der Waals surface area (Å²) in [5.41, 5.74) is 13.7. The van der Waals surface area contributed by atoms with Gasteiger partial charge in [-0.1, -0.05) is 83.4 Å². The normalized spacial score (nSPS) is 17.5. The number of nitrogen functional groups attached to an aromatic ring is 1. The number of anilines is 1. The van der Waals surface area contributed by atoms with Gasteiger partial charge in [-0.05, 0) is 60.1 Å². The maximum absolute atomic E-state index is 6.26. The van der Waals surface area contributed by atoms with E-state index in [0.29, 0.717) is 0 Å². The van der Waals surface area contributed by atoms with Crippen molar-refractivity contribution in [3.05, 3.63) is 47.1 Å². The Balaban J connectivity index is 1.95. The van der Waals surface area contributed by atoms with Crippen LogP contribution in [-0.4, -0.2) is 0 Å². The number of unbranched alkanes of at least 4 members (excludes halogenated alkanes) is 6. The lowest BCUT2D eigenvalue weighted by molar-refractivity contribution is 0.397. The number of rotatable bonds is 10. The van der Waals surface area contributed by atoms with E-state index in [-0.39, 0.29) is 5.41 Å². The van der Waals surface area contributed by atoms with Gasteiger partial charge in [-0.2, -0.15) is 0 Å². The number of benzene rings is 1. The van der Waals surface area contributed by atoms with Crippen LogP contribution in [0, 0.1) is 0 Å². The summed E-state index contributed by atoms with van der Waals surface area (Å²) in [4.78, 5) is 0. The summed E-state index contributed by atoms with van der Waals surface area (Å²) in [6.07, 6.45) is 20.6. The molecule has 0 aliphatic heterocycles. The van der Waals surface area contributed by atoms with Crippen molar-refractivity contribution >= 4 is 11.3 Å². The van der Waals surface area contributed by atoms with E-state index in [1.54, 1.807) is 16.7 Å². The van der Waals surface area contributed by atoms with Crippen LogP contribution in [-0.2, 0) is 5.41 Å². The van der Waals surface area contributed by atoms with Gasteiger partial charge >= 0.3 is 0 Å². The van der Waals surface area contributed by atoms with Crippen molar-refractivity contribution in [2.24, 2.45) is 0 Å². The molecule has 1 aromatic carbocycles.